The van der Waals surface area contributed by atoms with Crippen LogP contribution in [0, 0.1) is 6.92 Å². The van der Waals surface area contributed by atoms with E-state index in [2.05, 4.69) is 5.32 Å². The molecule has 2 aromatic rings. The van der Waals surface area contributed by atoms with Crippen LogP contribution in [0.3, 0.4) is 0 Å². The maximum Gasteiger partial charge on any atom is 0.256 e. The number of benzene rings is 2. The maximum atomic E-state index is 13.3. The Hall–Kier alpha value is -3.15. The molecule has 3 amide bonds. The Balaban J connectivity index is 1.63. The number of nitrogens with one attached hydrogen (secondary N) is 1. The van der Waals surface area contributed by atoms with Crippen LogP contribution in [0.5, 0.6) is 0 Å². The van der Waals surface area contributed by atoms with E-state index >= 15 is 0 Å². The summed E-state index contributed by atoms with van der Waals surface area (Å²) in [6, 6.07) is 14.0. The molecule has 1 saturated heterocycles. The van der Waals surface area contributed by atoms with Gasteiger partial charge in [-0.25, -0.2) is 0 Å². The van der Waals surface area contributed by atoms with E-state index in [0.717, 1.165) is 18.4 Å². The molecule has 144 valence electrons. The summed E-state index contributed by atoms with van der Waals surface area (Å²) < 4.78 is 0. The van der Waals surface area contributed by atoms with Crippen LogP contribution >= 0.6 is 0 Å². The van der Waals surface area contributed by atoms with Gasteiger partial charge in [0.15, 0.2) is 0 Å². The van der Waals surface area contributed by atoms with Gasteiger partial charge in [0, 0.05) is 12.2 Å². The third kappa shape index (κ3) is 3.38. The van der Waals surface area contributed by atoms with E-state index in [-0.39, 0.29) is 24.3 Å². The molecular formula is C22H23N3O3. The summed E-state index contributed by atoms with van der Waals surface area (Å²) in [5.74, 6) is -0.601. The smallest absolute Gasteiger partial charge is 0.256 e. The molecule has 2 aliphatic rings. The summed E-state index contributed by atoms with van der Waals surface area (Å²) >= 11 is 0. The Morgan fingerprint density at radius 1 is 1.07 bits per heavy atom. The first-order valence-electron chi connectivity index (χ1n) is 9.62. The maximum absolute atomic E-state index is 13.3. The zero-order valence-electron chi connectivity index (χ0n) is 15.9. The molecule has 4 rings (SSSR count). The Bertz CT molecular complexity index is 923. The molecule has 1 fully saturated rings. The topological polar surface area (TPSA) is 69.7 Å². The summed E-state index contributed by atoms with van der Waals surface area (Å²) in [4.78, 5) is 42.1. The number of hydrogen-bond donors (Lipinski definition) is 1. The van der Waals surface area contributed by atoms with Crippen molar-refractivity contribution in [1.29, 1.82) is 0 Å². The highest BCUT2D eigenvalue weighted by atomic mass is 16.2. The Morgan fingerprint density at radius 2 is 1.82 bits per heavy atom. The number of hydrogen-bond acceptors (Lipinski definition) is 3. The monoisotopic (exact) mass is 377 g/mol. The minimum atomic E-state index is -0.499. The third-order valence-electron chi connectivity index (χ3n) is 5.38. The number of amides is 3. The molecule has 0 bridgehead atoms. The SMILES string of the molecule is Cc1ccc(NC(=O)CN2C(=O)[C@H]3CCCCN3C(=O)c3ccccc32)cc1. The Labute approximate surface area is 164 Å². The minimum absolute atomic E-state index is 0.124. The van der Waals surface area contributed by atoms with Crippen LogP contribution in [-0.2, 0) is 9.59 Å². The van der Waals surface area contributed by atoms with Crippen molar-refractivity contribution in [2.75, 3.05) is 23.3 Å². The summed E-state index contributed by atoms with van der Waals surface area (Å²) in [5.41, 5.74) is 2.77. The van der Waals surface area contributed by atoms with Gasteiger partial charge < -0.3 is 15.1 Å². The number of fused-ring (bicyclic) bond motifs is 2. The van der Waals surface area contributed by atoms with Crippen molar-refractivity contribution in [3.63, 3.8) is 0 Å². The van der Waals surface area contributed by atoms with E-state index < -0.39 is 6.04 Å². The highest BCUT2D eigenvalue weighted by molar-refractivity contribution is 6.13. The molecule has 6 nitrogen and oxygen atoms in total. The predicted octanol–water partition coefficient (Wildman–Crippen LogP) is 2.98. The number of rotatable bonds is 3. The van der Waals surface area contributed by atoms with Crippen molar-refractivity contribution in [3.8, 4) is 0 Å². The highest BCUT2D eigenvalue weighted by Gasteiger charge is 2.40. The van der Waals surface area contributed by atoms with E-state index in [0.29, 0.717) is 29.9 Å². The standard InChI is InChI=1S/C22H23N3O3/c1-15-9-11-16(12-10-15)23-20(26)14-25-18-7-3-2-6-17(18)21(27)24-13-5-4-8-19(24)22(25)28/h2-3,6-7,9-12,19H,4-5,8,13-14H2,1H3,(H,23,26)/t19-/m1/s1. The van der Waals surface area contributed by atoms with Gasteiger partial charge in [-0.1, -0.05) is 29.8 Å². The largest absolute Gasteiger partial charge is 0.327 e. The van der Waals surface area contributed by atoms with Crippen LogP contribution < -0.4 is 10.2 Å². The second kappa shape index (κ2) is 7.46. The molecule has 0 saturated carbocycles. The van der Waals surface area contributed by atoms with E-state index in [1.165, 1.54) is 4.90 Å². The van der Waals surface area contributed by atoms with Crippen LogP contribution in [-0.4, -0.2) is 41.8 Å². The normalized spacial score (nSPS) is 19.0. The van der Waals surface area contributed by atoms with Crippen LogP contribution in [0.25, 0.3) is 0 Å². The van der Waals surface area contributed by atoms with Gasteiger partial charge in [0.25, 0.3) is 5.91 Å². The molecule has 28 heavy (non-hydrogen) atoms. The molecule has 1 N–H and O–H groups in total. The fourth-order valence-corrected chi connectivity index (χ4v) is 3.92. The number of para-hydroxylation sites is 1. The molecule has 0 aromatic heterocycles. The summed E-state index contributed by atoms with van der Waals surface area (Å²) in [6.07, 6.45) is 2.43. The molecule has 0 aliphatic carbocycles. The van der Waals surface area contributed by atoms with Gasteiger partial charge in [-0.15, -0.1) is 0 Å². The van der Waals surface area contributed by atoms with Gasteiger partial charge in [-0.2, -0.15) is 0 Å². The molecule has 0 unspecified atom stereocenters. The lowest BCUT2D eigenvalue weighted by molar-refractivity contribution is -0.125. The molecule has 1 atom stereocenters. The molecular weight excluding hydrogens is 354 g/mol. The molecule has 6 heteroatoms. The van der Waals surface area contributed by atoms with Crippen molar-refractivity contribution in [3.05, 3.63) is 59.7 Å². The summed E-state index contributed by atoms with van der Waals surface area (Å²) in [6.45, 7) is 2.43. The van der Waals surface area contributed by atoms with Crippen LogP contribution in [0.1, 0.15) is 35.2 Å². The van der Waals surface area contributed by atoms with Gasteiger partial charge in [-0.05, 0) is 50.5 Å². The lowest BCUT2D eigenvalue weighted by atomic mass is 10.0. The zero-order chi connectivity index (χ0) is 19.7. The van der Waals surface area contributed by atoms with E-state index in [4.69, 9.17) is 0 Å². The van der Waals surface area contributed by atoms with Crippen molar-refractivity contribution < 1.29 is 14.4 Å². The fourth-order valence-electron chi connectivity index (χ4n) is 3.92. The number of piperidine rings is 1. The van der Waals surface area contributed by atoms with Gasteiger partial charge in [0.1, 0.15) is 12.6 Å². The van der Waals surface area contributed by atoms with Crippen molar-refractivity contribution in [2.24, 2.45) is 0 Å². The lowest BCUT2D eigenvalue weighted by Crippen LogP contribution is -2.52. The molecule has 2 aliphatic heterocycles. The van der Waals surface area contributed by atoms with Crippen LogP contribution in [0.2, 0.25) is 0 Å². The Kier molecular flexibility index (Phi) is 4.86. The van der Waals surface area contributed by atoms with Gasteiger partial charge in [0.2, 0.25) is 11.8 Å². The molecule has 2 aromatic carbocycles. The number of carbonyl (C=O) groups is 3. The fraction of sp³-hybridized carbons (Fsp3) is 0.318. The van der Waals surface area contributed by atoms with Gasteiger partial charge >= 0.3 is 0 Å². The molecule has 0 radical (unpaired) electrons. The first-order valence-corrected chi connectivity index (χ1v) is 9.62. The van der Waals surface area contributed by atoms with Crippen LogP contribution in [0.4, 0.5) is 11.4 Å². The van der Waals surface area contributed by atoms with Crippen molar-refractivity contribution in [1.82, 2.24) is 4.90 Å². The number of anilines is 2. The first kappa shape index (κ1) is 18.2. The average Bonchev–Trinajstić information content (AvgIpc) is 2.80. The van der Waals surface area contributed by atoms with E-state index in [1.807, 2.05) is 31.2 Å². The minimum Gasteiger partial charge on any atom is -0.327 e. The number of aryl methyl sites for hydroxylation is 1. The van der Waals surface area contributed by atoms with Gasteiger partial charge in [0.05, 0.1) is 11.3 Å². The molecule has 2 heterocycles. The highest BCUT2D eigenvalue weighted by Crippen LogP contribution is 2.31. The second-order valence-corrected chi connectivity index (χ2v) is 7.37. The Morgan fingerprint density at radius 3 is 2.61 bits per heavy atom. The van der Waals surface area contributed by atoms with Gasteiger partial charge in [-0.3, -0.25) is 14.4 Å². The van der Waals surface area contributed by atoms with Crippen molar-refractivity contribution >= 4 is 29.1 Å². The number of nitrogens with zero attached hydrogens (tertiary/aromatic N) is 2. The average molecular weight is 377 g/mol. The lowest BCUT2D eigenvalue weighted by Gasteiger charge is -2.34. The van der Waals surface area contributed by atoms with E-state index in [1.54, 1.807) is 29.2 Å². The summed E-state index contributed by atoms with van der Waals surface area (Å²) in [5, 5.41) is 2.84. The predicted molar refractivity (Wildman–Crippen MR) is 107 cm³/mol. The van der Waals surface area contributed by atoms with Crippen molar-refractivity contribution in [2.45, 2.75) is 32.2 Å². The third-order valence-corrected chi connectivity index (χ3v) is 5.38. The molecule has 0 spiro atoms. The summed E-state index contributed by atoms with van der Waals surface area (Å²) in [7, 11) is 0. The second-order valence-electron chi connectivity index (χ2n) is 7.37. The quantitative estimate of drug-likeness (QED) is 0.894. The van der Waals surface area contributed by atoms with Crippen LogP contribution in [0.15, 0.2) is 48.5 Å². The first-order chi connectivity index (χ1) is 13.5. The number of carbonyl (C=O) groups excluding carboxylic acids is 3. The zero-order valence-corrected chi connectivity index (χ0v) is 15.9. The van der Waals surface area contributed by atoms with E-state index in [9.17, 15) is 14.4 Å².